The lowest BCUT2D eigenvalue weighted by atomic mass is 10.2. The highest BCUT2D eigenvalue weighted by Crippen LogP contribution is 2.16. The van der Waals surface area contributed by atoms with Gasteiger partial charge in [-0.05, 0) is 12.5 Å². The molecule has 102 valence electrons. The second-order valence-electron chi connectivity index (χ2n) is 3.96. The van der Waals surface area contributed by atoms with E-state index in [1.807, 2.05) is 0 Å². The largest absolute Gasteiger partial charge is 0.492 e. The number of rotatable bonds is 7. The summed E-state index contributed by atoms with van der Waals surface area (Å²) in [6, 6.07) is 4.33. The lowest BCUT2D eigenvalue weighted by Crippen LogP contribution is -2.16. The van der Waals surface area contributed by atoms with Crippen LogP contribution in [0.5, 0.6) is 5.75 Å². The Balaban J connectivity index is 2.52. The summed E-state index contributed by atoms with van der Waals surface area (Å²) in [4.78, 5) is 0. The van der Waals surface area contributed by atoms with Gasteiger partial charge in [-0.25, -0.2) is 12.8 Å². The van der Waals surface area contributed by atoms with Crippen molar-refractivity contribution in [1.29, 1.82) is 0 Å². The summed E-state index contributed by atoms with van der Waals surface area (Å²) in [6.45, 7) is 1.96. The molecular weight excluding hydrogens is 257 g/mol. The van der Waals surface area contributed by atoms with Crippen LogP contribution in [0.2, 0.25) is 0 Å². The van der Waals surface area contributed by atoms with Crippen molar-refractivity contribution < 1.29 is 17.5 Å². The van der Waals surface area contributed by atoms with Crippen LogP contribution in [0.25, 0.3) is 0 Å². The monoisotopic (exact) mass is 275 g/mol. The lowest BCUT2D eigenvalue weighted by Gasteiger charge is -2.08. The SMILES string of the molecule is CCCS(=O)(=O)CCOc1ccc(CN)c(F)c1. The second kappa shape index (κ2) is 6.70. The first-order valence-corrected chi connectivity index (χ1v) is 7.62. The van der Waals surface area contributed by atoms with Gasteiger partial charge in [0.2, 0.25) is 0 Å². The Morgan fingerprint density at radius 1 is 1.33 bits per heavy atom. The molecule has 18 heavy (non-hydrogen) atoms. The van der Waals surface area contributed by atoms with E-state index in [0.717, 1.165) is 0 Å². The van der Waals surface area contributed by atoms with Crippen molar-refractivity contribution in [3.63, 3.8) is 0 Å². The molecule has 2 N–H and O–H groups in total. The van der Waals surface area contributed by atoms with Crippen molar-refractivity contribution in [3.05, 3.63) is 29.6 Å². The van der Waals surface area contributed by atoms with Crippen LogP contribution >= 0.6 is 0 Å². The van der Waals surface area contributed by atoms with Gasteiger partial charge in [0.25, 0.3) is 0 Å². The van der Waals surface area contributed by atoms with Gasteiger partial charge in [-0.3, -0.25) is 0 Å². The fourth-order valence-corrected chi connectivity index (χ4v) is 2.65. The summed E-state index contributed by atoms with van der Waals surface area (Å²) in [7, 11) is -3.06. The molecule has 0 amide bonds. The van der Waals surface area contributed by atoms with E-state index >= 15 is 0 Å². The van der Waals surface area contributed by atoms with Crippen LogP contribution in [0.3, 0.4) is 0 Å². The van der Waals surface area contributed by atoms with E-state index in [2.05, 4.69) is 0 Å². The third-order valence-electron chi connectivity index (χ3n) is 2.42. The topological polar surface area (TPSA) is 69.4 Å². The average Bonchev–Trinajstić information content (AvgIpc) is 2.29. The average molecular weight is 275 g/mol. The summed E-state index contributed by atoms with van der Waals surface area (Å²) in [5.41, 5.74) is 5.73. The molecule has 0 heterocycles. The van der Waals surface area contributed by atoms with E-state index in [0.29, 0.717) is 17.7 Å². The molecule has 0 unspecified atom stereocenters. The highest BCUT2D eigenvalue weighted by Gasteiger charge is 2.10. The van der Waals surface area contributed by atoms with Crippen molar-refractivity contribution in [2.75, 3.05) is 18.1 Å². The fourth-order valence-electron chi connectivity index (χ4n) is 1.48. The Hall–Kier alpha value is -1.14. The molecule has 0 saturated heterocycles. The quantitative estimate of drug-likeness (QED) is 0.818. The maximum Gasteiger partial charge on any atom is 0.153 e. The zero-order valence-corrected chi connectivity index (χ0v) is 11.2. The summed E-state index contributed by atoms with van der Waals surface area (Å²) < 4.78 is 41.4. The number of benzene rings is 1. The Kier molecular flexibility index (Phi) is 5.55. The molecule has 0 aliphatic carbocycles. The minimum Gasteiger partial charge on any atom is -0.492 e. The third-order valence-corrected chi connectivity index (χ3v) is 4.24. The number of hydrogen-bond donors (Lipinski definition) is 1. The molecule has 0 spiro atoms. The van der Waals surface area contributed by atoms with Crippen LogP contribution < -0.4 is 10.5 Å². The molecule has 0 radical (unpaired) electrons. The number of hydrogen-bond acceptors (Lipinski definition) is 4. The zero-order chi connectivity index (χ0) is 13.6. The van der Waals surface area contributed by atoms with Gasteiger partial charge in [0.1, 0.15) is 18.2 Å². The van der Waals surface area contributed by atoms with Crippen molar-refractivity contribution in [2.24, 2.45) is 5.73 Å². The molecule has 0 fully saturated rings. The Morgan fingerprint density at radius 2 is 2.06 bits per heavy atom. The minimum absolute atomic E-state index is 0.0315. The van der Waals surface area contributed by atoms with Crippen LogP contribution in [0, 0.1) is 5.82 Å². The summed E-state index contributed by atoms with van der Waals surface area (Å²) in [6.07, 6.45) is 0.585. The van der Waals surface area contributed by atoms with Crippen LogP contribution in [0.4, 0.5) is 4.39 Å². The fraction of sp³-hybridized carbons (Fsp3) is 0.500. The summed E-state index contributed by atoms with van der Waals surface area (Å²) in [5.74, 6) is -0.0272. The van der Waals surface area contributed by atoms with Gasteiger partial charge in [0, 0.05) is 18.2 Å². The van der Waals surface area contributed by atoms with Crippen molar-refractivity contribution in [2.45, 2.75) is 19.9 Å². The third kappa shape index (κ3) is 4.62. The second-order valence-corrected chi connectivity index (χ2v) is 6.26. The smallest absolute Gasteiger partial charge is 0.153 e. The van der Waals surface area contributed by atoms with Crippen LogP contribution in [-0.2, 0) is 16.4 Å². The van der Waals surface area contributed by atoms with Crippen molar-refractivity contribution >= 4 is 9.84 Å². The number of nitrogens with two attached hydrogens (primary N) is 1. The Morgan fingerprint density at radius 3 is 2.61 bits per heavy atom. The van der Waals surface area contributed by atoms with Crippen LogP contribution in [0.1, 0.15) is 18.9 Å². The van der Waals surface area contributed by atoms with Gasteiger partial charge in [-0.1, -0.05) is 13.0 Å². The molecule has 1 aromatic carbocycles. The Labute approximate surface area is 107 Å². The van der Waals surface area contributed by atoms with Gasteiger partial charge in [-0.15, -0.1) is 0 Å². The molecule has 0 atom stereocenters. The highest BCUT2D eigenvalue weighted by atomic mass is 32.2. The zero-order valence-electron chi connectivity index (χ0n) is 10.4. The van der Waals surface area contributed by atoms with E-state index in [9.17, 15) is 12.8 Å². The van der Waals surface area contributed by atoms with E-state index in [1.165, 1.54) is 12.1 Å². The summed E-state index contributed by atoms with van der Waals surface area (Å²) >= 11 is 0. The van der Waals surface area contributed by atoms with Crippen molar-refractivity contribution in [3.8, 4) is 5.75 Å². The van der Waals surface area contributed by atoms with E-state index in [-0.39, 0.29) is 24.7 Å². The molecule has 6 heteroatoms. The van der Waals surface area contributed by atoms with Crippen LogP contribution in [-0.4, -0.2) is 26.5 Å². The van der Waals surface area contributed by atoms with Gasteiger partial charge < -0.3 is 10.5 Å². The maximum atomic E-state index is 13.4. The molecule has 0 bridgehead atoms. The minimum atomic E-state index is -3.06. The number of halogens is 1. The molecule has 0 aromatic heterocycles. The van der Waals surface area contributed by atoms with E-state index in [4.69, 9.17) is 10.5 Å². The van der Waals surface area contributed by atoms with Gasteiger partial charge in [-0.2, -0.15) is 0 Å². The summed E-state index contributed by atoms with van der Waals surface area (Å²) in [5, 5.41) is 0. The molecule has 1 aromatic rings. The standard InChI is InChI=1S/C12H18FNO3S/c1-2-6-18(15,16)7-5-17-11-4-3-10(9-14)12(13)8-11/h3-4,8H,2,5-7,9,14H2,1H3. The first kappa shape index (κ1) is 14.9. The first-order chi connectivity index (χ1) is 8.48. The van der Waals surface area contributed by atoms with E-state index < -0.39 is 15.7 Å². The number of ether oxygens (including phenoxy) is 1. The lowest BCUT2D eigenvalue weighted by molar-refractivity contribution is 0.338. The normalized spacial score (nSPS) is 11.5. The molecule has 0 saturated carbocycles. The van der Waals surface area contributed by atoms with Gasteiger partial charge in [0.15, 0.2) is 9.84 Å². The highest BCUT2D eigenvalue weighted by molar-refractivity contribution is 7.91. The molecule has 4 nitrogen and oxygen atoms in total. The maximum absolute atomic E-state index is 13.4. The van der Waals surface area contributed by atoms with Gasteiger partial charge in [0.05, 0.1) is 11.5 Å². The Bertz CT molecular complexity index is 488. The predicted molar refractivity (Wildman–Crippen MR) is 68.7 cm³/mol. The predicted octanol–water partition coefficient (Wildman–Crippen LogP) is 1.49. The molecule has 1 rings (SSSR count). The van der Waals surface area contributed by atoms with Crippen LogP contribution in [0.15, 0.2) is 18.2 Å². The molecule has 0 aliphatic rings. The first-order valence-electron chi connectivity index (χ1n) is 5.80. The number of sulfone groups is 1. The van der Waals surface area contributed by atoms with Gasteiger partial charge >= 0.3 is 0 Å². The molecule has 0 aliphatic heterocycles. The van der Waals surface area contributed by atoms with Crippen molar-refractivity contribution in [1.82, 2.24) is 0 Å². The van der Waals surface area contributed by atoms with E-state index in [1.54, 1.807) is 13.0 Å². The molecular formula is C12H18FNO3S.